The second-order valence-electron chi connectivity index (χ2n) is 3.04. The molecular formula is C11H11NO. The smallest absolute Gasteiger partial charge is 0.221 e. The maximum atomic E-state index is 5.16. The van der Waals surface area contributed by atoms with Crippen LogP contribution in [0, 0.1) is 6.92 Å². The molecule has 2 aromatic rings. The van der Waals surface area contributed by atoms with Crippen molar-refractivity contribution in [3.8, 4) is 5.88 Å². The number of rotatable bonds is 1. The highest BCUT2D eigenvalue weighted by molar-refractivity contribution is 5.87. The summed E-state index contributed by atoms with van der Waals surface area (Å²) in [4.78, 5) is 4.13. The van der Waals surface area contributed by atoms with E-state index in [-0.39, 0.29) is 0 Å². The van der Waals surface area contributed by atoms with Crippen molar-refractivity contribution in [3.63, 3.8) is 0 Å². The number of aromatic nitrogens is 1. The van der Waals surface area contributed by atoms with Gasteiger partial charge in [0.05, 0.1) is 7.11 Å². The van der Waals surface area contributed by atoms with Gasteiger partial charge in [-0.15, -0.1) is 0 Å². The Morgan fingerprint density at radius 1 is 1.23 bits per heavy atom. The van der Waals surface area contributed by atoms with Crippen LogP contribution >= 0.6 is 0 Å². The molecule has 1 aromatic carbocycles. The lowest BCUT2D eigenvalue weighted by atomic mass is 10.1. The van der Waals surface area contributed by atoms with Gasteiger partial charge in [0.15, 0.2) is 0 Å². The first kappa shape index (κ1) is 8.05. The average Bonchev–Trinajstić information content (AvgIpc) is 2.16. The third-order valence-electron chi connectivity index (χ3n) is 2.08. The molecular weight excluding hydrogens is 162 g/mol. The molecule has 0 bridgehead atoms. The third kappa shape index (κ3) is 1.35. The van der Waals surface area contributed by atoms with Crippen LogP contribution < -0.4 is 4.74 Å². The predicted molar refractivity (Wildman–Crippen MR) is 53.0 cm³/mol. The second-order valence-corrected chi connectivity index (χ2v) is 3.04. The zero-order chi connectivity index (χ0) is 9.26. The number of fused-ring (bicyclic) bond motifs is 1. The zero-order valence-electron chi connectivity index (χ0n) is 7.74. The first-order chi connectivity index (χ1) is 6.31. The molecule has 0 saturated carbocycles. The molecule has 0 unspecified atom stereocenters. The molecule has 0 fully saturated rings. The molecule has 0 amide bonds. The summed E-state index contributed by atoms with van der Waals surface area (Å²) in [6.45, 7) is 2.08. The Morgan fingerprint density at radius 2 is 2.08 bits per heavy atom. The van der Waals surface area contributed by atoms with Crippen molar-refractivity contribution in [3.05, 3.63) is 36.0 Å². The lowest BCUT2D eigenvalue weighted by Crippen LogP contribution is -1.88. The van der Waals surface area contributed by atoms with Crippen molar-refractivity contribution in [2.75, 3.05) is 7.11 Å². The molecule has 1 heterocycles. The van der Waals surface area contributed by atoms with Crippen molar-refractivity contribution in [2.24, 2.45) is 0 Å². The van der Waals surface area contributed by atoms with E-state index in [1.807, 2.05) is 12.1 Å². The van der Waals surface area contributed by atoms with Crippen molar-refractivity contribution in [1.82, 2.24) is 4.98 Å². The molecule has 2 nitrogen and oxygen atoms in total. The predicted octanol–water partition coefficient (Wildman–Crippen LogP) is 2.55. The fourth-order valence-electron chi connectivity index (χ4n) is 1.43. The molecule has 13 heavy (non-hydrogen) atoms. The Morgan fingerprint density at radius 3 is 2.85 bits per heavy atom. The Bertz CT molecular complexity index is 437. The lowest BCUT2D eigenvalue weighted by Gasteiger charge is -2.03. The molecule has 1 aromatic heterocycles. The molecule has 0 aliphatic heterocycles. The summed E-state index contributed by atoms with van der Waals surface area (Å²) in [7, 11) is 1.64. The van der Waals surface area contributed by atoms with Crippen LogP contribution in [-0.4, -0.2) is 12.1 Å². The number of benzene rings is 1. The van der Waals surface area contributed by atoms with E-state index in [0.717, 1.165) is 5.39 Å². The zero-order valence-corrected chi connectivity index (χ0v) is 7.74. The van der Waals surface area contributed by atoms with Gasteiger partial charge in [0.2, 0.25) is 5.88 Å². The van der Waals surface area contributed by atoms with Crippen LogP contribution in [0.2, 0.25) is 0 Å². The number of pyridine rings is 1. The quantitative estimate of drug-likeness (QED) is 0.661. The molecule has 0 aliphatic rings. The molecule has 2 rings (SSSR count). The fraction of sp³-hybridized carbons (Fsp3) is 0.182. The summed E-state index contributed by atoms with van der Waals surface area (Å²) in [6.07, 6.45) is 1.76. The van der Waals surface area contributed by atoms with Crippen molar-refractivity contribution >= 4 is 10.8 Å². The summed E-state index contributed by atoms with van der Waals surface area (Å²) >= 11 is 0. The Kier molecular flexibility index (Phi) is 1.89. The maximum Gasteiger partial charge on any atom is 0.221 e. The van der Waals surface area contributed by atoms with E-state index in [4.69, 9.17) is 4.74 Å². The summed E-state index contributed by atoms with van der Waals surface area (Å²) in [5.41, 5.74) is 1.25. The minimum Gasteiger partial charge on any atom is -0.481 e. The monoisotopic (exact) mass is 173 g/mol. The van der Waals surface area contributed by atoms with Gasteiger partial charge in [-0.05, 0) is 24.4 Å². The normalized spacial score (nSPS) is 10.3. The largest absolute Gasteiger partial charge is 0.481 e. The van der Waals surface area contributed by atoms with E-state index in [1.54, 1.807) is 13.3 Å². The molecule has 0 aliphatic carbocycles. The number of aryl methyl sites for hydroxylation is 1. The van der Waals surface area contributed by atoms with Gasteiger partial charge in [-0.1, -0.05) is 17.7 Å². The van der Waals surface area contributed by atoms with Gasteiger partial charge in [0.25, 0.3) is 0 Å². The van der Waals surface area contributed by atoms with E-state index in [1.165, 1.54) is 10.9 Å². The molecule has 2 heteroatoms. The Balaban J connectivity index is 2.77. The Hall–Kier alpha value is -1.57. The van der Waals surface area contributed by atoms with Gasteiger partial charge in [-0.2, -0.15) is 0 Å². The van der Waals surface area contributed by atoms with Crippen LogP contribution in [-0.2, 0) is 0 Å². The first-order valence-electron chi connectivity index (χ1n) is 4.20. The van der Waals surface area contributed by atoms with Gasteiger partial charge >= 0.3 is 0 Å². The highest BCUT2D eigenvalue weighted by Gasteiger charge is 2.00. The molecule has 0 saturated heterocycles. The number of methoxy groups -OCH3 is 1. The number of hydrogen-bond donors (Lipinski definition) is 0. The molecule has 0 N–H and O–H groups in total. The van der Waals surface area contributed by atoms with Crippen LogP contribution in [0.3, 0.4) is 0 Å². The van der Waals surface area contributed by atoms with Gasteiger partial charge in [0, 0.05) is 11.6 Å². The second kappa shape index (κ2) is 3.05. The van der Waals surface area contributed by atoms with Crippen LogP contribution in [0.1, 0.15) is 5.56 Å². The van der Waals surface area contributed by atoms with Crippen LogP contribution in [0.5, 0.6) is 5.88 Å². The molecule has 66 valence electrons. The fourth-order valence-corrected chi connectivity index (χ4v) is 1.43. The first-order valence-corrected chi connectivity index (χ1v) is 4.20. The van der Waals surface area contributed by atoms with E-state index in [2.05, 4.69) is 24.0 Å². The van der Waals surface area contributed by atoms with Crippen LogP contribution in [0.25, 0.3) is 10.8 Å². The average molecular weight is 173 g/mol. The van der Waals surface area contributed by atoms with Gasteiger partial charge in [0.1, 0.15) is 0 Å². The van der Waals surface area contributed by atoms with E-state index in [9.17, 15) is 0 Å². The third-order valence-corrected chi connectivity index (χ3v) is 2.08. The number of ether oxygens (including phenoxy) is 1. The van der Waals surface area contributed by atoms with Gasteiger partial charge in [-0.3, -0.25) is 0 Å². The van der Waals surface area contributed by atoms with E-state index in [0.29, 0.717) is 5.88 Å². The highest BCUT2D eigenvalue weighted by Crippen LogP contribution is 2.23. The van der Waals surface area contributed by atoms with E-state index < -0.39 is 0 Å². The van der Waals surface area contributed by atoms with Gasteiger partial charge in [-0.25, -0.2) is 4.98 Å². The van der Waals surface area contributed by atoms with Gasteiger partial charge < -0.3 is 4.74 Å². The minimum absolute atomic E-state index is 0.692. The number of nitrogens with zero attached hydrogens (tertiary/aromatic N) is 1. The highest BCUT2D eigenvalue weighted by atomic mass is 16.5. The lowest BCUT2D eigenvalue weighted by molar-refractivity contribution is 0.403. The van der Waals surface area contributed by atoms with Crippen molar-refractivity contribution in [2.45, 2.75) is 6.92 Å². The molecule has 0 spiro atoms. The molecule has 0 atom stereocenters. The van der Waals surface area contributed by atoms with E-state index >= 15 is 0 Å². The summed E-state index contributed by atoms with van der Waals surface area (Å²) in [6, 6.07) is 8.22. The summed E-state index contributed by atoms with van der Waals surface area (Å²) in [5.74, 6) is 0.692. The Labute approximate surface area is 77.2 Å². The number of hydrogen-bond acceptors (Lipinski definition) is 2. The molecule has 0 radical (unpaired) electrons. The minimum atomic E-state index is 0.692. The summed E-state index contributed by atoms with van der Waals surface area (Å²) in [5, 5.41) is 2.24. The summed E-state index contributed by atoms with van der Waals surface area (Å²) < 4.78 is 5.16. The standard InChI is InChI=1S/C11H11NO/c1-8-3-4-10-9(7-8)5-6-12-11(10)13-2/h3-7H,1-2H3. The van der Waals surface area contributed by atoms with Crippen LogP contribution in [0.15, 0.2) is 30.5 Å². The maximum absolute atomic E-state index is 5.16. The van der Waals surface area contributed by atoms with Crippen molar-refractivity contribution < 1.29 is 4.74 Å². The topological polar surface area (TPSA) is 22.1 Å². The van der Waals surface area contributed by atoms with Crippen molar-refractivity contribution in [1.29, 1.82) is 0 Å². The SMILES string of the molecule is COc1nccc2cc(C)ccc12. The van der Waals surface area contributed by atoms with Crippen LogP contribution in [0.4, 0.5) is 0 Å².